The maximum atomic E-state index is 12.8. The molecule has 1 aliphatic heterocycles. The van der Waals surface area contributed by atoms with E-state index in [1.54, 1.807) is 0 Å². The summed E-state index contributed by atoms with van der Waals surface area (Å²) in [6.45, 7) is 5.78. The van der Waals surface area contributed by atoms with E-state index in [0.717, 1.165) is 44.3 Å². The quantitative estimate of drug-likeness (QED) is 0.653. The Hall–Kier alpha value is -1.63. The molecule has 0 aromatic heterocycles. The molecule has 7 heteroatoms. The van der Waals surface area contributed by atoms with Gasteiger partial charge in [0.15, 0.2) is 0 Å². The van der Waals surface area contributed by atoms with Gasteiger partial charge in [-0.25, -0.2) is 0 Å². The van der Waals surface area contributed by atoms with E-state index in [9.17, 15) is 9.59 Å². The first kappa shape index (κ1) is 24.4. The summed E-state index contributed by atoms with van der Waals surface area (Å²) in [4.78, 5) is 27.8. The standard InChI is InChI=1S/C21H33N3O3.ClH/c1-4-8-19(17-9-6-5-7-10-17)22-21(27)16(2)24-13-11-18(12-14-24)23(3)15-20(25)26;/h5-7,9-10,16,18-19H,4,8,11-15H2,1-3H3,(H,22,27)(H,25,26);1H. The van der Waals surface area contributed by atoms with Gasteiger partial charge in [-0.2, -0.15) is 0 Å². The highest BCUT2D eigenvalue weighted by molar-refractivity contribution is 5.85. The summed E-state index contributed by atoms with van der Waals surface area (Å²) in [5.74, 6) is -0.731. The molecule has 1 amide bonds. The van der Waals surface area contributed by atoms with Crippen LogP contribution in [0.3, 0.4) is 0 Å². The average molecular weight is 412 g/mol. The Bertz CT molecular complexity index is 606. The fourth-order valence-electron chi connectivity index (χ4n) is 3.81. The number of amides is 1. The van der Waals surface area contributed by atoms with Crippen LogP contribution in [0, 0.1) is 0 Å². The summed E-state index contributed by atoms with van der Waals surface area (Å²) in [6.07, 6.45) is 3.71. The number of likely N-dealkylation sites (tertiary alicyclic amines) is 1. The lowest BCUT2D eigenvalue weighted by atomic mass is 10.0. The minimum atomic E-state index is -0.796. The van der Waals surface area contributed by atoms with Crippen LogP contribution in [-0.2, 0) is 9.59 Å². The number of carbonyl (C=O) groups is 2. The van der Waals surface area contributed by atoms with Gasteiger partial charge in [-0.05, 0) is 38.8 Å². The predicted molar refractivity (Wildman–Crippen MR) is 114 cm³/mol. The zero-order valence-electron chi connectivity index (χ0n) is 17.1. The maximum Gasteiger partial charge on any atom is 0.317 e. The largest absolute Gasteiger partial charge is 0.480 e. The zero-order valence-corrected chi connectivity index (χ0v) is 18.0. The number of piperidine rings is 1. The Morgan fingerprint density at radius 3 is 2.39 bits per heavy atom. The van der Waals surface area contributed by atoms with Crippen molar-refractivity contribution in [2.24, 2.45) is 0 Å². The summed E-state index contributed by atoms with van der Waals surface area (Å²) in [5.41, 5.74) is 1.15. The molecule has 0 aliphatic carbocycles. The van der Waals surface area contributed by atoms with Crippen molar-refractivity contribution in [1.82, 2.24) is 15.1 Å². The number of carbonyl (C=O) groups excluding carboxylic acids is 1. The van der Waals surface area contributed by atoms with E-state index in [1.165, 1.54) is 0 Å². The highest BCUT2D eigenvalue weighted by atomic mass is 35.5. The first-order valence-corrected chi connectivity index (χ1v) is 9.93. The molecule has 0 radical (unpaired) electrons. The summed E-state index contributed by atoms with van der Waals surface area (Å²) in [7, 11) is 1.86. The number of carboxylic acids is 1. The molecule has 28 heavy (non-hydrogen) atoms. The number of nitrogens with zero attached hydrogens (tertiary/aromatic N) is 2. The van der Waals surface area contributed by atoms with E-state index >= 15 is 0 Å². The summed E-state index contributed by atoms with van der Waals surface area (Å²) in [6, 6.07) is 10.3. The van der Waals surface area contributed by atoms with E-state index in [0.29, 0.717) is 0 Å². The van der Waals surface area contributed by atoms with Crippen LogP contribution in [0.5, 0.6) is 0 Å². The minimum absolute atomic E-state index is 0. The van der Waals surface area contributed by atoms with Gasteiger partial charge >= 0.3 is 5.97 Å². The molecule has 0 bridgehead atoms. The number of benzene rings is 1. The van der Waals surface area contributed by atoms with Crippen LogP contribution in [0.15, 0.2) is 30.3 Å². The molecule has 1 aromatic carbocycles. The number of nitrogens with one attached hydrogen (secondary N) is 1. The average Bonchev–Trinajstić information content (AvgIpc) is 2.67. The van der Waals surface area contributed by atoms with Crippen LogP contribution < -0.4 is 5.32 Å². The lowest BCUT2D eigenvalue weighted by molar-refractivity contribution is -0.138. The van der Waals surface area contributed by atoms with E-state index in [4.69, 9.17) is 5.11 Å². The van der Waals surface area contributed by atoms with Crippen molar-refractivity contribution in [1.29, 1.82) is 0 Å². The molecule has 1 fully saturated rings. The molecular formula is C21H34ClN3O3. The third-order valence-electron chi connectivity index (χ3n) is 5.53. The highest BCUT2D eigenvalue weighted by Gasteiger charge is 2.29. The smallest absolute Gasteiger partial charge is 0.317 e. The SMILES string of the molecule is CCCC(NC(=O)C(C)N1CCC(N(C)CC(=O)O)CC1)c1ccccc1.Cl. The Kier molecular flexibility index (Phi) is 10.5. The van der Waals surface area contributed by atoms with Gasteiger partial charge < -0.3 is 10.4 Å². The minimum Gasteiger partial charge on any atom is -0.480 e. The van der Waals surface area contributed by atoms with Crippen LogP contribution in [0.4, 0.5) is 0 Å². The number of carboxylic acid groups (broad SMARTS) is 1. The molecule has 1 heterocycles. The van der Waals surface area contributed by atoms with Crippen LogP contribution in [0.25, 0.3) is 0 Å². The molecule has 1 aliphatic rings. The number of halogens is 1. The maximum absolute atomic E-state index is 12.8. The monoisotopic (exact) mass is 411 g/mol. The van der Waals surface area contributed by atoms with Gasteiger partial charge in [-0.3, -0.25) is 19.4 Å². The fourth-order valence-corrected chi connectivity index (χ4v) is 3.81. The van der Waals surface area contributed by atoms with Gasteiger partial charge in [0.2, 0.25) is 5.91 Å². The number of hydrogen-bond acceptors (Lipinski definition) is 4. The zero-order chi connectivity index (χ0) is 19.8. The Balaban J connectivity index is 0.00000392. The van der Waals surface area contributed by atoms with Crippen LogP contribution in [0.2, 0.25) is 0 Å². The van der Waals surface area contributed by atoms with Gasteiger partial charge in [0, 0.05) is 19.1 Å². The normalized spacial score (nSPS) is 17.6. The van der Waals surface area contributed by atoms with Crippen molar-refractivity contribution in [2.45, 2.75) is 57.7 Å². The van der Waals surface area contributed by atoms with Gasteiger partial charge in [-0.1, -0.05) is 43.7 Å². The number of likely N-dealkylation sites (N-methyl/N-ethyl adjacent to an activating group) is 1. The topological polar surface area (TPSA) is 72.9 Å². The van der Waals surface area contributed by atoms with Crippen molar-refractivity contribution >= 4 is 24.3 Å². The van der Waals surface area contributed by atoms with Crippen LogP contribution in [0.1, 0.15) is 51.1 Å². The molecule has 2 unspecified atom stereocenters. The molecule has 0 spiro atoms. The number of hydrogen-bond donors (Lipinski definition) is 2. The van der Waals surface area contributed by atoms with Crippen LogP contribution in [-0.4, -0.2) is 65.5 Å². The summed E-state index contributed by atoms with van der Waals surface area (Å²) in [5, 5.41) is 12.2. The molecule has 2 atom stereocenters. The third-order valence-corrected chi connectivity index (χ3v) is 5.53. The van der Waals surface area contributed by atoms with Crippen molar-refractivity contribution < 1.29 is 14.7 Å². The second-order valence-corrected chi connectivity index (χ2v) is 7.51. The molecule has 1 aromatic rings. The molecule has 6 nitrogen and oxygen atoms in total. The molecule has 2 N–H and O–H groups in total. The van der Waals surface area contributed by atoms with Crippen LogP contribution >= 0.6 is 12.4 Å². The molecular weight excluding hydrogens is 378 g/mol. The van der Waals surface area contributed by atoms with E-state index in [-0.39, 0.29) is 43.0 Å². The lowest BCUT2D eigenvalue weighted by Gasteiger charge is -2.38. The number of aliphatic carboxylic acids is 1. The lowest BCUT2D eigenvalue weighted by Crippen LogP contribution is -2.52. The molecule has 2 rings (SSSR count). The summed E-state index contributed by atoms with van der Waals surface area (Å²) >= 11 is 0. The van der Waals surface area contributed by atoms with Gasteiger partial charge in [-0.15, -0.1) is 12.4 Å². The second kappa shape index (κ2) is 12.0. The van der Waals surface area contributed by atoms with Gasteiger partial charge in [0.25, 0.3) is 0 Å². The molecule has 1 saturated heterocycles. The van der Waals surface area contributed by atoms with Crippen molar-refractivity contribution in [3.05, 3.63) is 35.9 Å². The second-order valence-electron chi connectivity index (χ2n) is 7.51. The fraction of sp³-hybridized carbons (Fsp3) is 0.619. The predicted octanol–water partition coefficient (Wildman–Crippen LogP) is 2.94. The molecule has 158 valence electrons. The molecule has 0 saturated carbocycles. The first-order chi connectivity index (χ1) is 12.9. The number of rotatable bonds is 9. The Morgan fingerprint density at radius 1 is 1.25 bits per heavy atom. The third kappa shape index (κ3) is 7.08. The van der Waals surface area contributed by atoms with Gasteiger partial charge in [0.05, 0.1) is 18.6 Å². The first-order valence-electron chi connectivity index (χ1n) is 9.93. The Morgan fingerprint density at radius 2 is 1.86 bits per heavy atom. The van der Waals surface area contributed by atoms with Crippen molar-refractivity contribution in [2.75, 3.05) is 26.7 Å². The van der Waals surface area contributed by atoms with Gasteiger partial charge in [0.1, 0.15) is 0 Å². The van der Waals surface area contributed by atoms with Crippen molar-refractivity contribution in [3.8, 4) is 0 Å². The van der Waals surface area contributed by atoms with E-state index in [1.807, 2.05) is 37.1 Å². The highest BCUT2D eigenvalue weighted by Crippen LogP contribution is 2.20. The summed E-state index contributed by atoms with van der Waals surface area (Å²) < 4.78 is 0. The van der Waals surface area contributed by atoms with Crippen molar-refractivity contribution in [3.63, 3.8) is 0 Å². The van der Waals surface area contributed by atoms with E-state index < -0.39 is 5.97 Å². The van der Waals surface area contributed by atoms with E-state index in [2.05, 4.69) is 29.3 Å². The Labute approximate surface area is 174 Å².